The van der Waals surface area contributed by atoms with Gasteiger partial charge < -0.3 is 20.1 Å². The molecule has 0 aliphatic carbocycles. The second-order valence-electron chi connectivity index (χ2n) is 6.19. The Balaban J connectivity index is 2.13. The molecular weight excluding hydrogens is 338 g/mol. The second-order valence-corrected chi connectivity index (χ2v) is 6.60. The van der Waals surface area contributed by atoms with Crippen LogP contribution in [0.5, 0.6) is 0 Å². The molecule has 1 aliphatic heterocycles. The third kappa shape index (κ3) is 5.87. The van der Waals surface area contributed by atoms with Gasteiger partial charge in [0, 0.05) is 43.3 Å². The average molecular weight is 368 g/mol. The minimum Gasteiger partial charge on any atom is -0.381 e. The molecule has 0 unspecified atom stereocenters. The molecule has 25 heavy (non-hydrogen) atoms. The van der Waals surface area contributed by atoms with E-state index in [-0.39, 0.29) is 5.41 Å². The second kappa shape index (κ2) is 10.6. The van der Waals surface area contributed by atoms with E-state index >= 15 is 0 Å². The minimum absolute atomic E-state index is 0.0706. The highest BCUT2D eigenvalue weighted by molar-refractivity contribution is 6.31. The molecule has 0 aromatic heterocycles. The Kier molecular flexibility index (Phi) is 8.52. The van der Waals surface area contributed by atoms with Crippen LogP contribution in [0.15, 0.2) is 29.3 Å². The molecule has 1 aliphatic rings. The molecule has 1 aromatic rings. The van der Waals surface area contributed by atoms with Crippen molar-refractivity contribution in [2.45, 2.75) is 32.1 Å². The lowest BCUT2D eigenvalue weighted by Crippen LogP contribution is -2.42. The molecule has 1 heterocycles. The number of nitrogens with zero attached hydrogens (tertiary/aromatic N) is 1. The highest BCUT2D eigenvalue weighted by Gasteiger charge is 2.36. The fraction of sp³-hybridized carbons (Fsp3) is 0.632. The monoisotopic (exact) mass is 367 g/mol. The third-order valence-corrected chi connectivity index (χ3v) is 4.85. The molecule has 2 N–H and O–H groups in total. The van der Waals surface area contributed by atoms with Crippen LogP contribution in [0.3, 0.4) is 0 Å². The summed E-state index contributed by atoms with van der Waals surface area (Å²) in [6.07, 6.45) is 1.86. The van der Waals surface area contributed by atoms with E-state index < -0.39 is 0 Å². The van der Waals surface area contributed by atoms with Gasteiger partial charge in [0.2, 0.25) is 0 Å². The molecule has 140 valence electrons. The zero-order valence-corrected chi connectivity index (χ0v) is 16.1. The number of nitrogens with one attached hydrogen (secondary N) is 2. The van der Waals surface area contributed by atoms with Crippen LogP contribution < -0.4 is 10.6 Å². The number of hydrogen-bond donors (Lipinski definition) is 2. The Labute approximate surface area is 156 Å². The summed E-state index contributed by atoms with van der Waals surface area (Å²) in [6, 6.07) is 8.11. The summed E-state index contributed by atoms with van der Waals surface area (Å²) in [5.41, 5.74) is 1.10. The lowest BCUT2D eigenvalue weighted by atomic mass is 9.74. The summed E-state index contributed by atoms with van der Waals surface area (Å²) in [7, 11) is 0. The van der Waals surface area contributed by atoms with Crippen molar-refractivity contribution >= 4 is 17.6 Å². The van der Waals surface area contributed by atoms with Crippen LogP contribution in [0.25, 0.3) is 0 Å². The topological polar surface area (TPSA) is 54.9 Å². The maximum absolute atomic E-state index is 6.50. The van der Waals surface area contributed by atoms with Gasteiger partial charge in [0.15, 0.2) is 5.96 Å². The average Bonchev–Trinajstić information content (AvgIpc) is 2.64. The van der Waals surface area contributed by atoms with Crippen LogP contribution in [0, 0.1) is 0 Å². The van der Waals surface area contributed by atoms with Crippen LogP contribution in [0.2, 0.25) is 5.02 Å². The largest absolute Gasteiger partial charge is 0.381 e. The zero-order valence-electron chi connectivity index (χ0n) is 15.3. The molecule has 2 rings (SSSR count). The molecule has 1 fully saturated rings. The van der Waals surface area contributed by atoms with Crippen LogP contribution in [0.1, 0.15) is 32.3 Å². The number of aliphatic imine (C=N–C) groups is 1. The van der Waals surface area contributed by atoms with Crippen molar-refractivity contribution in [1.82, 2.24) is 10.6 Å². The van der Waals surface area contributed by atoms with Crippen molar-refractivity contribution in [3.63, 3.8) is 0 Å². The Bertz CT molecular complexity index is 545. The molecule has 0 spiro atoms. The first kappa shape index (κ1) is 20.0. The van der Waals surface area contributed by atoms with Gasteiger partial charge in [-0.05, 0) is 38.3 Å². The van der Waals surface area contributed by atoms with E-state index in [1.165, 1.54) is 5.56 Å². The highest BCUT2D eigenvalue weighted by atomic mass is 35.5. The maximum Gasteiger partial charge on any atom is 0.191 e. The van der Waals surface area contributed by atoms with E-state index in [0.717, 1.165) is 56.7 Å². The number of rotatable bonds is 8. The molecule has 0 atom stereocenters. The van der Waals surface area contributed by atoms with E-state index in [1.807, 2.05) is 25.1 Å². The van der Waals surface area contributed by atoms with Gasteiger partial charge in [0.05, 0.1) is 13.2 Å². The summed E-state index contributed by atoms with van der Waals surface area (Å²) in [6.45, 7) is 9.20. The van der Waals surface area contributed by atoms with Gasteiger partial charge in [-0.1, -0.05) is 29.8 Å². The van der Waals surface area contributed by atoms with Gasteiger partial charge >= 0.3 is 0 Å². The number of halogens is 1. The summed E-state index contributed by atoms with van der Waals surface area (Å²) in [5.74, 6) is 0.820. The predicted molar refractivity (Wildman–Crippen MR) is 104 cm³/mol. The molecule has 1 aromatic carbocycles. The van der Waals surface area contributed by atoms with Crippen LogP contribution in [-0.4, -0.2) is 52.0 Å². The lowest BCUT2D eigenvalue weighted by Gasteiger charge is -2.37. The smallest absolute Gasteiger partial charge is 0.191 e. The van der Waals surface area contributed by atoms with Gasteiger partial charge in [-0.3, -0.25) is 4.99 Å². The van der Waals surface area contributed by atoms with E-state index in [1.54, 1.807) is 0 Å². The molecule has 0 bridgehead atoms. The van der Waals surface area contributed by atoms with Crippen LogP contribution >= 0.6 is 11.6 Å². The molecule has 6 heteroatoms. The molecule has 1 saturated heterocycles. The fourth-order valence-electron chi connectivity index (χ4n) is 3.12. The fourth-order valence-corrected chi connectivity index (χ4v) is 3.46. The number of ether oxygens (including phenoxy) is 2. The quantitative estimate of drug-likeness (QED) is 0.421. The van der Waals surface area contributed by atoms with Crippen LogP contribution in [0.4, 0.5) is 0 Å². The standard InChI is InChI=1S/C19H30ClN3O2/c1-3-21-18(22-11-14-24-4-2)23-15-19(9-12-25-13-10-19)16-7-5-6-8-17(16)20/h5-8H,3-4,9-15H2,1-2H3,(H2,21,22,23). The minimum atomic E-state index is -0.0706. The molecule has 0 amide bonds. The maximum atomic E-state index is 6.50. The first-order valence-electron chi connectivity index (χ1n) is 9.14. The Morgan fingerprint density at radius 3 is 2.68 bits per heavy atom. The van der Waals surface area contributed by atoms with E-state index in [0.29, 0.717) is 13.2 Å². The molecule has 0 radical (unpaired) electrons. The Morgan fingerprint density at radius 1 is 1.24 bits per heavy atom. The summed E-state index contributed by atoms with van der Waals surface area (Å²) in [5, 5.41) is 7.44. The number of hydrogen-bond acceptors (Lipinski definition) is 3. The van der Waals surface area contributed by atoms with E-state index in [4.69, 9.17) is 26.1 Å². The molecular formula is C19H30ClN3O2. The summed E-state index contributed by atoms with van der Waals surface area (Å²) >= 11 is 6.50. The van der Waals surface area contributed by atoms with Gasteiger partial charge in [-0.15, -0.1) is 0 Å². The first-order chi connectivity index (χ1) is 12.2. The number of guanidine groups is 1. The summed E-state index contributed by atoms with van der Waals surface area (Å²) < 4.78 is 11.0. The van der Waals surface area contributed by atoms with Crippen molar-refractivity contribution in [2.24, 2.45) is 4.99 Å². The van der Waals surface area contributed by atoms with Crippen LogP contribution in [-0.2, 0) is 14.9 Å². The predicted octanol–water partition coefficient (Wildman–Crippen LogP) is 2.98. The molecule has 5 nitrogen and oxygen atoms in total. The van der Waals surface area contributed by atoms with E-state index in [9.17, 15) is 0 Å². The van der Waals surface area contributed by atoms with Crippen molar-refractivity contribution in [2.75, 3.05) is 46.1 Å². The summed E-state index contributed by atoms with van der Waals surface area (Å²) in [4.78, 5) is 4.85. The van der Waals surface area contributed by atoms with Crippen molar-refractivity contribution in [3.8, 4) is 0 Å². The number of benzene rings is 1. The first-order valence-corrected chi connectivity index (χ1v) is 9.52. The van der Waals surface area contributed by atoms with Gasteiger partial charge in [-0.2, -0.15) is 0 Å². The lowest BCUT2D eigenvalue weighted by molar-refractivity contribution is 0.0531. The molecule has 0 saturated carbocycles. The Hall–Kier alpha value is -1.30. The SMILES string of the molecule is CCNC(=NCC1(c2ccccc2Cl)CCOCC1)NCCOCC. The van der Waals surface area contributed by atoms with Crippen molar-refractivity contribution in [1.29, 1.82) is 0 Å². The van der Waals surface area contributed by atoms with Crippen molar-refractivity contribution < 1.29 is 9.47 Å². The Morgan fingerprint density at radius 2 is 2.00 bits per heavy atom. The van der Waals surface area contributed by atoms with E-state index in [2.05, 4.69) is 23.6 Å². The zero-order chi connectivity index (χ0) is 18.0. The highest BCUT2D eigenvalue weighted by Crippen LogP contribution is 2.38. The van der Waals surface area contributed by atoms with Crippen molar-refractivity contribution in [3.05, 3.63) is 34.9 Å². The van der Waals surface area contributed by atoms with Gasteiger partial charge in [0.25, 0.3) is 0 Å². The third-order valence-electron chi connectivity index (χ3n) is 4.52. The van der Waals surface area contributed by atoms with Gasteiger partial charge in [-0.25, -0.2) is 0 Å². The normalized spacial score (nSPS) is 17.3. The van der Waals surface area contributed by atoms with Gasteiger partial charge in [0.1, 0.15) is 0 Å².